The number of carboxylic acids is 1. The van der Waals surface area contributed by atoms with Crippen molar-refractivity contribution in [3.8, 4) is 11.1 Å². The maximum Gasteiger partial charge on any atom is 0.416 e. The zero-order valence-corrected chi connectivity index (χ0v) is 25.4. The van der Waals surface area contributed by atoms with Crippen molar-refractivity contribution in [1.82, 2.24) is 14.2 Å². The van der Waals surface area contributed by atoms with Crippen molar-refractivity contribution in [3.63, 3.8) is 0 Å². The lowest BCUT2D eigenvalue weighted by molar-refractivity contribution is -0.141. The molecule has 5 rings (SSSR count). The molecule has 236 valence electrons. The number of aromatic nitrogens is 1. The Balaban J connectivity index is 1.98. The summed E-state index contributed by atoms with van der Waals surface area (Å²) in [6.45, 7) is 3.11. The van der Waals surface area contributed by atoms with Gasteiger partial charge in [0.05, 0.1) is 5.56 Å². The SMILES string of the molecule is CC(C)CNC(=O)c1c(Cc2cccc3ccccc23)c(-c2cccc(C(F)(F)F)c2)c2n(c1=O)C(C(=O)O)CN(C)S2(=O)=O. The van der Waals surface area contributed by atoms with Gasteiger partial charge in [-0.2, -0.15) is 17.5 Å². The minimum Gasteiger partial charge on any atom is -0.480 e. The number of sulfonamides is 1. The van der Waals surface area contributed by atoms with Crippen LogP contribution in [0.5, 0.6) is 0 Å². The van der Waals surface area contributed by atoms with E-state index in [0.29, 0.717) is 15.5 Å². The van der Waals surface area contributed by atoms with Crippen LogP contribution in [-0.2, 0) is 27.4 Å². The highest BCUT2D eigenvalue weighted by atomic mass is 32.2. The van der Waals surface area contributed by atoms with Gasteiger partial charge >= 0.3 is 12.1 Å². The summed E-state index contributed by atoms with van der Waals surface area (Å²) in [5.41, 5.74) is -2.95. The van der Waals surface area contributed by atoms with Gasteiger partial charge in [0, 0.05) is 25.7 Å². The first-order chi connectivity index (χ1) is 21.1. The van der Waals surface area contributed by atoms with Crippen molar-refractivity contribution in [2.75, 3.05) is 20.1 Å². The fourth-order valence-corrected chi connectivity index (χ4v) is 7.18. The van der Waals surface area contributed by atoms with Gasteiger partial charge in [-0.1, -0.05) is 68.4 Å². The highest BCUT2D eigenvalue weighted by Crippen LogP contribution is 2.41. The van der Waals surface area contributed by atoms with Crippen LogP contribution in [0.25, 0.3) is 21.9 Å². The molecule has 0 aliphatic carbocycles. The number of aliphatic carboxylic acids is 1. The number of amides is 1. The van der Waals surface area contributed by atoms with Crippen LogP contribution in [-0.4, -0.2) is 54.4 Å². The predicted molar refractivity (Wildman–Crippen MR) is 162 cm³/mol. The molecule has 1 aromatic heterocycles. The molecule has 1 aliphatic rings. The number of pyridine rings is 1. The standard InChI is InChI=1S/C32H30F3N3O6S/c1-18(2)16-36-28(39)27-24(15-20-10-6-9-19-8-4-5-13-23(19)20)26(21-11-7-12-22(14-21)32(33,34)35)30-38(29(27)40)25(31(41)42)17-37(3)45(30,43)44/h4-14,18,25H,15-17H2,1-3H3,(H,36,39)(H,41,42). The van der Waals surface area contributed by atoms with E-state index in [0.717, 1.165) is 34.9 Å². The van der Waals surface area contributed by atoms with Gasteiger partial charge in [0.25, 0.3) is 21.5 Å². The van der Waals surface area contributed by atoms with E-state index in [9.17, 15) is 41.1 Å². The number of halogens is 3. The van der Waals surface area contributed by atoms with Crippen molar-refractivity contribution >= 4 is 32.7 Å². The number of nitrogens with zero attached hydrogens (tertiary/aromatic N) is 2. The molecule has 1 atom stereocenters. The molecule has 1 unspecified atom stereocenters. The zero-order valence-electron chi connectivity index (χ0n) is 24.6. The Kier molecular flexibility index (Phi) is 8.36. The lowest BCUT2D eigenvalue weighted by Gasteiger charge is -2.34. The third kappa shape index (κ3) is 5.85. The summed E-state index contributed by atoms with van der Waals surface area (Å²) in [5, 5.41) is 13.5. The summed E-state index contributed by atoms with van der Waals surface area (Å²) in [5.74, 6) is -2.50. The smallest absolute Gasteiger partial charge is 0.416 e. The number of carbonyl (C=O) groups is 2. The predicted octanol–water partition coefficient (Wildman–Crippen LogP) is 4.92. The molecule has 0 bridgehead atoms. The van der Waals surface area contributed by atoms with Crippen molar-refractivity contribution < 1.29 is 36.3 Å². The van der Waals surface area contributed by atoms with E-state index < -0.39 is 62.4 Å². The molecule has 3 aromatic carbocycles. The van der Waals surface area contributed by atoms with E-state index in [4.69, 9.17) is 0 Å². The number of carboxylic acid groups (broad SMARTS) is 1. The van der Waals surface area contributed by atoms with E-state index in [-0.39, 0.29) is 35.6 Å². The van der Waals surface area contributed by atoms with Crippen LogP contribution in [0.1, 0.15) is 46.9 Å². The van der Waals surface area contributed by atoms with Gasteiger partial charge in [-0.15, -0.1) is 0 Å². The van der Waals surface area contributed by atoms with Gasteiger partial charge in [-0.05, 0) is 51.9 Å². The molecule has 0 saturated heterocycles. The summed E-state index contributed by atoms with van der Waals surface area (Å²) in [7, 11) is -3.51. The lowest BCUT2D eigenvalue weighted by atomic mass is 9.89. The largest absolute Gasteiger partial charge is 0.480 e. The van der Waals surface area contributed by atoms with Gasteiger partial charge in [-0.25, -0.2) is 13.2 Å². The number of benzene rings is 3. The normalized spacial score (nSPS) is 16.5. The summed E-state index contributed by atoms with van der Waals surface area (Å²) in [6, 6.07) is 14.6. The molecule has 2 N–H and O–H groups in total. The summed E-state index contributed by atoms with van der Waals surface area (Å²) in [4.78, 5) is 40.5. The van der Waals surface area contributed by atoms with Crippen LogP contribution in [0.15, 0.2) is 76.6 Å². The summed E-state index contributed by atoms with van der Waals surface area (Å²) in [6.07, 6.45) is -5.04. The Labute approximate surface area is 257 Å². The van der Waals surface area contributed by atoms with E-state index in [2.05, 4.69) is 5.32 Å². The molecule has 0 radical (unpaired) electrons. The van der Waals surface area contributed by atoms with Crippen LogP contribution >= 0.6 is 0 Å². The average molecular weight is 642 g/mol. The summed E-state index contributed by atoms with van der Waals surface area (Å²) < 4.78 is 71.1. The Hall–Kier alpha value is -4.49. The van der Waals surface area contributed by atoms with Gasteiger partial charge in [-0.3, -0.25) is 14.2 Å². The van der Waals surface area contributed by atoms with Gasteiger partial charge in [0.1, 0.15) is 11.6 Å². The van der Waals surface area contributed by atoms with Crippen LogP contribution in [0.3, 0.4) is 0 Å². The van der Waals surface area contributed by atoms with E-state index in [1.165, 1.54) is 6.07 Å². The molecular weight excluding hydrogens is 611 g/mol. The fraction of sp³-hybridized carbons (Fsp3) is 0.281. The number of carbonyl (C=O) groups excluding carboxylic acids is 1. The Morgan fingerprint density at radius 1 is 1.04 bits per heavy atom. The second kappa shape index (κ2) is 11.8. The van der Waals surface area contributed by atoms with Crippen molar-refractivity contribution in [1.29, 1.82) is 0 Å². The topological polar surface area (TPSA) is 126 Å². The second-order valence-corrected chi connectivity index (χ2v) is 13.3. The average Bonchev–Trinajstić information content (AvgIpc) is 2.97. The van der Waals surface area contributed by atoms with Crippen molar-refractivity contribution in [2.45, 2.75) is 37.5 Å². The molecule has 0 saturated carbocycles. The maximum absolute atomic E-state index is 14.3. The highest BCUT2D eigenvalue weighted by molar-refractivity contribution is 7.89. The molecule has 0 spiro atoms. The van der Waals surface area contributed by atoms with Crippen LogP contribution in [0.4, 0.5) is 13.2 Å². The van der Waals surface area contributed by atoms with E-state index >= 15 is 0 Å². The Morgan fingerprint density at radius 3 is 2.38 bits per heavy atom. The number of likely N-dealkylation sites (N-methyl/N-ethyl adjacent to an activating group) is 1. The Bertz CT molecular complexity index is 2000. The molecule has 0 fully saturated rings. The number of rotatable bonds is 7. The first-order valence-corrected chi connectivity index (χ1v) is 15.5. The fourth-order valence-electron chi connectivity index (χ4n) is 5.59. The van der Waals surface area contributed by atoms with Crippen molar-refractivity contribution in [2.24, 2.45) is 5.92 Å². The first kappa shape index (κ1) is 31.9. The zero-order chi connectivity index (χ0) is 32.8. The molecule has 1 aliphatic heterocycles. The number of alkyl halides is 3. The van der Waals surface area contributed by atoms with E-state index in [1.54, 1.807) is 24.3 Å². The second-order valence-electron chi connectivity index (χ2n) is 11.3. The first-order valence-electron chi connectivity index (χ1n) is 14.1. The number of hydrogen-bond donors (Lipinski definition) is 2. The monoisotopic (exact) mass is 641 g/mol. The number of nitrogens with one attached hydrogen (secondary N) is 1. The maximum atomic E-state index is 14.3. The summed E-state index contributed by atoms with van der Waals surface area (Å²) >= 11 is 0. The quantitative estimate of drug-likeness (QED) is 0.295. The lowest BCUT2D eigenvalue weighted by Crippen LogP contribution is -2.50. The minimum absolute atomic E-state index is 0.0559. The molecule has 4 aromatic rings. The number of fused-ring (bicyclic) bond motifs is 2. The Morgan fingerprint density at radius 2 is 1.71 bits per heavy atom. The third-order valence-corrected chi connectivity index (χ3v) is 9.63. The van der Waals surface area contributed by atoms with Gasteiger partial charge in [0.2, 0.25) is 0 Å². The molecule has 9 nitrogen and oxygen atoms in total. The molecule has 13 heteroatoms. The van der Waals surface area contributed by atoms with E-state index in [1.807, 2.05) is 32.0 Å². The molecule has 2 heterocycles. The third-order valence-electron chi connectivity index (χ3n) is 7.77. The molecular formula is C32H30F3N3O6S. The highest BCUT2D eigenvalue weighted by Gasteiger charge is 2.44. The van der Waals surface area contributed by atoms with Crippen LogP contribution < -0.4 is 10.9 Å². The van der Waals surface area contributed by atoms with Gasteiger partial charge in [0.15, 0.2) is 5.03 Å². The molecule has 1 amide bonds. The van der Waals surface area contributed by atoms with Crippen molar-refractivity contribution in [3.05, 3.63) is 99.3 Å². The number of hydrogen-bond acceptors (Lipinski definition) is 5. The van der Waals surface area contributed by atoms with Gasteiger partial charge < -0.3 is 10.4 Å². The van der Waals surface area contributed by atoms with Crippen LogP contribution in [0.2, 0.25) is 0 Å². The van der Waals surface area contributed by atoms with Crippen LogP contribution in [0, 0.1) is 5.92 Å². The molecule has 45 heavy (non-hydrogen) atoms. The minimum atomic E-state index is -4.81.